The van der Waals surface area contributed by atoms with Crippen molar-refractivity contribution >= 4 is 73.9 Å². The number of aliphatic carboxylic acids is 1. The van der Waals surface area contributed by atoms with Crippen LogP contribution in [-0.4, -0.2) is 41.9 Å². The summed E-state index contributed by atoms with van der Waals surface area (Å²) in [7, 11) is 0. The molecule has 3 aliphatic rings. The molecule has 1 aliphatic carbocycles. The summed E-state index contributed by atoms with van der Waals surface area (Å²) in [6.45, 7) is -0.257. The van der Waals surface area contributed by atoms with Crippen LogP contribution in [-0.2, 0) is 29.3 Å². The highest BCUT2D eigenvalue weighted by Gasteiger charge is 2.42. The van der Waals surface area contributed by atoms with E-state index in [2.05, 4.69) is 29.2 Å². The third-order valence-corrected chi connectivity index (χ3v) is 11.3. The molecule has 0 radical (unpaired) electrons. The van der Waals surface area contributed by atoms with Crippen molar-refractivity contribution in [2.75, 3.05) is 4.90 Å². The van der Waals surface area contributed by atoms with Crippen molar-refractivity contribution in [2.45, 2.75) is 50.9 Å². The minimum Gasteiger partial charge on any atom is -0.480 e. The second-order valence-corrected chi connectivity index (χ2v) is 14.1. The minimum absolute atomic E-state index is 0.00540. The first-order valence-corrected chi connectivity index (χ1v) is 16.7. The molecule has 11 heteroatoms. The molecule has 0 bridgehead atoms. The summed E-state index contributed by atoms with van der Waals surface area (Å²) in [6.07, 6.45) is 5.10. The van der Waals surface area contributed by atoms with Gasteiger partial charge in [-0.25, -0.2) is 0 Å². The van der Waals surface area contributed by atoms with Gasteiger partial charge in [0, 0.05) is 23.3 Å². The Morgan fingerprint density at radius 3 is 2.51 bits per heavy atom. The molecule has 8 nitrogen and oxygen atoms in total. The number of thiazole rings is 1. The van der Waals surface area contributed by atoms with Gasteiger partial charge >= 0.3 is 5.97 Å². The number of fused-ring (bicyclic) bond motifs is 3. The molecule has 45 heavy (non-hydrogen) atoms. The summed E-state index contributed by atoms with van der Waals surface area (Å²) in [5.74, 6) is -1.13. The minimum atomic E-state index is -1.17. The molecule has 2 atom stereocenters. The number of aliphatic hydroxyl groups excluding tert-OH is 1. The Bertz CT molecular complexity index is 2020. The quantitative estimate of drug-likeness (QED) is 0.285. The first kappa shape index (κ1) is 29.7. The number of carbonyl (C=O) groups excluding carboxylic acids is 1. The van der Waals surface area contributed by atoms with Gasteiger partial charge in [0.1, 0.15) is 20.4 Å². The van der Waals surface area contributed by atoms with Gasteiger partial charge < -0.3 is 15.1 Å². The Morgan fingerprint density at radius 2 is 1.78 bits per heavy atom. The van der Waals surface area contributed by atoms with Gasteiger partial charge in [0.2, 0.25) is 0 Å². The molecule has 1 saturated heterocycles. The summed E-state index contributed by atoms with van der Waals surface area (Å²) in [6, 6.07) is 24.1. The van der Waals surface area contributed by atoms with E-state index in [1.807, 2.05) is 48.5 Å². The summed E-state index contributed by atoms with van der Waals surface area (Å²) in [5, 5.41) is 19.1. The second kappa shape index (κ2) is 12.1. The molecule has 4 aromatic rings. The number of anilines is 2. The number of amides is 1. The first-order valence-electron chi connectivity index (χ1n) is 14.7. The van der Waals surface area contributed by atoms with Crippen molar-refractivity contribution in [3.63, 3.8) is 0 Å². The topological polar surface area (TPSA) is 103 Å². The molecular weight excluding hydrogens is 627 g/mol. The number of thioether (sulfide) groups is 1. The Balaban J connectivity index is 1.29. The van der Waals surface area contributed by atoms with E-state index in [-0.39, 0.29) is 17.4 Å². The number of hydrogen-bond acceptors (Lipinski definition) is 8. The summed E-state index contributed by atoms with van der Waals surface area (Å²) in [5.41, 5.74) is 5.66. The molecule has 2 aliphatic heterocycles. The number of carbonyl (C=O) groups is 2. The second-order valence-electron chi connectivity index (χ2n) is 11.4. The third kappa shape index (κ3) is 5.43. The van der Waals surface area contributed by atoms with Crippen LogP contribution in [0.25, 0.3) is 11.0 Å². The highest BCUT2D eigenvalue weighted by atomic mass is 32.2. The van der Waals surface area contributed by atoms with Crippen LogP contribution in [0.3, 0.4) is 0 Å². The molecule has 0 spiro atoms. The van der Waals surface area contributed by atoms with Crippen molar-refractivity contribution in [1.82, 2.24) is 9.47 Å². The highest BCUT2D eigenvalue weighted by Crippen LogP contribution is 2.52. The maximum absolute atomic E-state index is 13.6. The van der Waals surface area contributed by atoms with Gasteiger partial charge in [0.05, 0.1) is 17.7 Å². The predicted octanol–water partition coefficient (Wildman–Crippen LogP) is 4.27. The Kier molecular flexibility index (Phi) is 7.95. The fraction of sp³-hybridized carbons (Fsp3) is 0.235. The molecule has 1 amide bonds. The van der Waals surface area contributed by atoms with Crippen molar-refractivity contribution in [2.24, 2.45) is 0 Å². The lowest BCUT2D eigenvalue weighted by Gasteiger charge is -2.27. The highest BCUT2D eigenvalue weighted by molar-refractivity contribution is 8.30. The summed E-state index contributed by atoms with van der Waals surface area (Å²) in [4.78, 5) is 43.1. The Morgan fingerprint density at radius 1 is 1.00 bits per heavy atom. The largest absolute Gasteiger partial charge is 0.480 e. The smallest absolute Gasteiger partial charge is 0.323 e. The van der Waals surface area contributed by atoms with E-state index in [4.69, 9.17) is 12.2 Å². The van der Waals surface area contributed by atoms with Crippen molar-refractivity contribution in [3.05, 3.63) is 115 Å². The lowest BCUT2D eigenvalue weighted by atomic mass is 9.96. The van der Waals surface area contributed by atoms with Crippen LogP contribution in [0.5, 0.6) is 0 Å². The fourth-order valence-electron chi connectivity index (χ4n) is 6.61. The van der Waals surface area contributed by atoms with Crippen LogP contribution in [0.2, 0.25) is 0 Å². The third-order valence-electron chi connectivity index (χ3n) is 8.64. The van der Waals surface area contributed by atoms with Crippen LogP contribution in [0.1, 0.15) is 47.4 Å². The predicted molar refractivity (Wildman–Crippen MR) is 181 cm³/mol. The van der Waals surface area contributed by atoms with Gasteiger partial charge in [0.25, 0.3) is 11.5 Å². The molecule has 3 aromatic carbocycles. The number of nitrogens with zero attached hydrogens (tertiary/aromatic N) is 3. The number of carboxylic acid groups (broad SMARTS) is 1. The number of hydrogen-bond donors (Lipinski definition) is 2. The molecular formula is C34H29N3O5S3. The van der Waals surface area contributed by atoms with E-state index in [9.17, 15) is 24.6 Å². The van der Waals surface area contributed by atoms with Crippen LogP contribution in [0, 0.1) is 0 Å². The number of aromatic nitrogens is 1. The maximum Gasteiger partial charge on any atom is 0.323 e. The zero-order valence-corrected chi connectivity index (χ0v) is 26.5. The SMILES string of the molecule is O=C(O)Cn1c(=O)/c(=C\c2ccc3c(c2)C2CCCC2N3c2ccc(CO)cc2)s/c1=C1/SC(=S)N(Cc2ccccc2)C1=O. The van der Waals surface area contributed by atoms with Crippen molar-refractivity contribution in [3.8, 4) is 0 Å². The van der Waals surface area contributed by atoms with E-state index in [1.165, 1.54) is 15.0 Å². The standard InChI is InChI=1S/C34H29N3O5S3/c38-19-21-9-12-23(13-10-21)37-26-8-4-7-24(26)25-15-22(11-14-27(25)37)16-28-31(41)35(18-29(39)40)33(44-28)30-32(42)36(34(43)45-30)17-20-5-2-1-3-6-20/h1-3,5-6,9-16,24,26,38H,4,7-8,17-19H2,(H,39,40)/b28-16+,33-30+. The van der Waals surface area contributed by atoms with E-state index in [1.54, 1.807) is 6.08 Å². The van der Waals surface area contributed by atoms with Gasteiger partial charge in [-0.1, -0.05) is 78.9 Å². The van der Waals surface area contributed by atoms with Gasteiger partial charge in [0.15, 0.2) is 0 Å². The van der Waals surface area contributed by atoms with E-state index in [0.29, 0.717) is 32.0 Å². The van der Waals surface area contributed by atoms with Gasteiger partial charge in [-0.15, -0.1) is 11.3 Å². The zero-order valence-electron chi connectivity index (χ0n) is 24.1. The van der Waals surface area contributed by atoms with Crippen molar-refractivity contribution < 1.29 is 19.8 Å². The summed E-state index contributed by atoms with van der Waals surface area (Å²) < 4.78 is 2.20. The molecule has 1 aromatic heterocycles. The van der Waals surface area contributed by atoms with Crippen LogP contribution in [0.4, 0.5) is 11.4 Å². The Labute approximate surface area is 272 Å². The number of thiocarbonyl (C=S) groups is 1. The molecule has 2 unspecified atom stereocenters. The summed E-state index contributed by atoms with van der Waals surface area (Å²) >= 11 is 7.76. The number of rotatable bonds is 7. The monoisotopic (exact) mass is 655 g/mol. The molecule has 1 saturated carbocycles. The normalized spacial score (nSPS) is 20.7. The zero-order chi connectivity index (χ0) is 31.2. The molecule has 2 N–H and O–H groups in total. The fourth-order valence-corrected chi connectivity index (χ4v) is 9.12. The lowest BCUT2D eigenvalue weighted by Crippen LogP contribution is -2.35. The average Bonchev–Trinajstić information content (AvgIpc) is 3.78. The van der Waals surface area contributed by atoms with E-state index in [0.717, 1.165) is 70.4 Å². The molecule has 3 heterocycles. The Hall–Kier alpha value is -4.03. The van der Waals surface area contributed by atoms with Gasteiger partial charge in [-0.2, -0.15) is 0 Å². The van der Waals surface area contributed by atoms with Crippen LogP contribution >= 0.6 is 35.3 Å². The maximum atomic E-state index is 13.6. The van der Waals surface area contributed by atoms with E-state index >= 15 is 0 Å². The van der Waals surface area contributed by atoms with Gasteiger partial charge in [-0.05, 0) is 65.4 Å². The lowest BCUT2D eigenvalue weighted by molar-refractivity contribution is -0.137. The first-order chi connectivity index (χ1) is 21.8. The number of carboxylic acids is 1. The van der Waals surface area contributed by atoms with Crippen molar-refractivity contribution in [1.29, 1.82) is 0 Å². The van der Waals surface area contributed by atoms with E-state index < -0.39 is 18.1 Å². The average molecular weight is 656 g/mol. The molecule has 228 valence electrons. The van der Waals surface area contributed by atoms with Crippen LogP contribution < -0.4 is 19.7 Å². The molecule has 7 rings (SSSR count). The molecule has 2 fully saturated rings. The van der Waals surface area contributed by atoms with Gasteiger partial charge in [-0.3, -0.25) is 23.9 Å². The number of aliphatic hydroxyl groups is 1. The number of benzene rings is 3. The van der Waals surface area contributed by atoms with Crippen LogP contribution in [0.15, 0.2) is 77.6 Å².